The molecular weight excluding hydrogens is 330 g/mol. The van der Waals surface area contributed by atoms with Crippen LogP contribution < -0.4 is 16.2 Å². The molecule has 3 aromatic rings. The zero-order chi connectivity index (χ0) is 17.5. The predicted molar refractivity (Wildman–Crippen MR) is 107 cm³/mol. The average Bonchev–Trinajstić information content (AvgIpc) is 2.66. The Balaban J connectivity index is 1.86. The fourth-order valence-electron chi connectivity index (χ4n) is 2.42. The van der Waals surface area contributed by atoms with E-state index in [1.807, 2.05) is 54.6 Å². The molecule has 3 rings (SSSR count). The second-order valence-electron chi connectivity index (χ2n) is 5.64. The fourth-order valence-corrected chi connectivity index (χ4v) is 2.58. The lowest BCUT2D eigenvalue weighted by molar-refractivity contribution is 0.748. The van der Waals surface area contributed by atoms with Crippen molar-refractivity contribution in [1.82, 2.24) is 20.7 Å². The van der Waals surface area contributed by atoms with Crippen LogP contribution in [0.3, 0.4) is 0 Å². The number of hydrogen-bond donors (Lipinski definition) is 3. The van der Waals surface area contributed by atoms with Gasteiger partial charge in [-0.25, -0.2) is 9.97 Å². The minimum Gasteiger partial charge on any atom is -0.361 e. The van der Waals surface area contributed by atoms with Gasteiger partial charge in [0.2, 0.25) is 0 Å². The molecule has 1 heterocycles. The number of benzene rings is 2. The van der Waals surface area contributed by atoms with Crippen LogP contribution in [0.5, 0.6) is 0 Å². The van der Waals surface area contributed by atoms with Gasteiger partial charge in [0, 0.05) is 12.1 Å². The molecule has 0 fully saturated rings. The zero-order valence-corrected chi connectivity index (χ0v) is 14.9. The maximum absolute atomic E-state index is 5.29. The van der Waals surface area contributed by atoms with E-state index in [-0.39, 0.29) is 0 Å². The summed E-state index contributed by atoms with van der Waals surface area (Å²) in [5.41, 5.74) is 9.57. The SMILES string of the molecule is CCCCNC(=S)NNc1nc2ccccc2nc1-c1ccccc1. The summed E-state index contributed by atoms with van der Waals surface area (Å²) in [5.74, 6) is 0.643. The van der Waals surface area contributed by atoms with Crippen LogP contribution in [-0.4, -0.2) is 21.6 Å². The second kappa shape index (κ2) is 8.39. The molecule has 0 atom stereocenters. The summed E-state index contributed by atoms with van der Waals surface area (Å²) in [6.07, 6.45) is 2.20. The van der Waals surface area contributed by atoms with Crippen LogP contribution in [0.25, 0.3) is 22.3 Å². The summed E-state index contributed by atoms with van der Waals surface area (Å²) in [5, 5.41) is 3.70. The first-order chi connectivity index (χ1) is 12.3. The third-order valence-electron chi connectivity index (χ3n) is 3.73. The monoisotopic (exact) mass is 351 g/mol. The van der Waals surface area contributed by atoms with Gasteiger partial charge in [-0.15, -0.1) is 0 Å². The van der Waals surface area contributed by atoms with Crippen molar-refractivity contribution < 1.29 is 0 Å². The highest BCUT2D eigenvalue weighted by molar-refractivity contribution is 7.80. The van der Waals surface area contributed by atoms with Crippen LogP contribution in [0.2, 0.25) is 0 Å². The van der Waals surface area contributed by atoms with Crippen molar-refractivity contribution in [3.8, 4) is 11.3 Å². The van der Waals surface area contributed by atoms with Gasteiger partial charge in [0.25, 0.3) is 0 Å². The van der Waals surface area contributed by atoms with Gasteiger partial charge in [0.1, 0.15) is 5.69 Å². The first-order valence-electron chi connectivity index (χ1n) is 8.40. The van der Waals surface area contributed by atoms with Gasteiger partial charge >= 0.3 is 0 Å². The van der Waals surface area contributed by atoms with Gasteiger partial charge < -0.3 is 5.32 Å². The lowest BCUT2D eigenvalue weighted by atomic mass is 10.1. The van der Waals surface area contributed by atoms with Crippen molar-refractivity contribution >= 4 is 34.2 Å². The van der Waals surface area contributed by atoms with Gasteiger partial charge in [-0.3, -0.25) is 10.9 Å². The van der Waals surface area contributed by atoms with Crippen molar-refractivity contribution in [2.75, 3.05) is 12.0 Å². The van der Waals surface area contributed by atoms with Crippen LogP contribution in [0, 0.1) is 0 Å². The highest BCUT2D eigenvalue weighted by Crippen LogP contribution is 2.26. The molecule has 0 radical (unpaired) electrons. The molecule has 2 aromatic carbocycles. The topological polar surface area (TPSA) is 61.9 Å². The number of unbranched alkanes of at least 4 members (excludes halogenated alkanes) is 1. The Kier molecular flexibility index (Phi) is 5.74. The molecule has 0 aliphatic rings. The Bertz CT molecular complexity index is 851. The molecule has 0 bridgehead atoms. The molecule has 0 aliphatic carbocycles. The zero-order valence-electron chi connectivity index (χ0n) is 14.1. The minimum absolute atomic E-state index is 0.544. The Labute approximate surface area is 152 Å². The largest absolute Gasteiger partial charge is 0.361 e. The van der Waals surface area contributed by atoms with Gasteiger partial charge in [0.15, 0.2) is 10.9 Å². The normalized spacial score (nSPS) is 10.4. The van der Waals surface area contributed by atoms with Crippen molar-refractivity contribution in [2.24, 2.45) is 0 Å². The number of aromatic nitrogens is 2. The highest BCUT2D eigenvalue weighted by atomic mass is 32.1. The lowest BCUT2D eigenvalue weighted by Gasteiger charge is -2.15. The van der Waals surface area contributed by atoms with E-state index < -0.39 is 0 Å². The van der Waals surface area contributed by atoms with E-state index in [9.17, 15) is 0 Å². The predicted octanol–water partition coefficient (Wildman–Crippen LogP) is 3.89. The first-order valence-corrected chi connectivity index (χ1v) is 8.81. The highest BCUT2D eigenvalue weighted by Gasteiger charge is 2.11. The molecule has 0 amide bonds. The van der Waals surface area contributed by atoms with Crippen LogP contribution in [-0.2, 0) is 0 Å². The molecule has 25 heavy (non-hydrogen) atoms. The molecular formula is C19H21N5S. The summed E-state index contributed by atoms with van der Waals surface area (Å²) in [7, 11) is 0. The Hall–Kier alpha value is -2.73. The summed E-state index contributed by atoms with van der Waals surface area (Å²) >= 11 is 5.29. The Morgan fingerprint density at radius 2 is 1.64 bits per heavy atom. The number of hydrazine groups is 1. The van der Waals surface area contributed by atoms with Gasteiger partial charge in [-0.2, -0.15) is 0 Å². The summed E-state index contributed by atoms with van der Waals surface area (Å²) in [6.45, 7) is 2.99. The molecule has 0 aliphatic heterocycles. The van der Waals surface area contributed by atoms with Crippen LogP contribution in [0.4, 0.5) is 5.82 Å². The number of nitrogens with one attached hydrogen (secondary N) is 3. The molecule has 0 unspecified atom stereocenters. The van der Waals surface area contributed by atoms with Crippen molar-refractivity contribution in [2.45, 2.75) is 19.8 Å². The number of nitrogens with zero attached hydrogens (tertiary/aromatic N) is 2. The molecule has 3 N–H and O–H groups in total. The van der Waals surface area contributed by atoms with E-state index in [4.69, 9.17) is 22.2 Å². The van der Waals surface area contributed by atoms with E-state index in [1.165, 1.54) is 0 Å². The van der Waals surface area contributed by atoms with Crippen LogP contribution in [0.1, 0.15) is 19.8 Å². The third kappa shape index (κ3) is 4.42. The molecule has 0 spiro atoms. The van der Waals surface area contributed by atoms with Crippen molar-refractivity contribution in [3.63, 3.8) is 0 Å². The van der Waals surface area contributed by atoms with Gasteiger partial charge in [0.05, 0.1) is 11.0 Å². The molecule has 1 aromatic heterocycles. The summed E-state index contributed by atoms with van der Waals surface area (Å²) < 4.78 is 0. The maximum Gasteiger partial charge on any atom is 0.185 e. The van der Waals surface area contributed by atoms with E-state index in [1.54, 1.807) is 0 Å². The average molecular weight is 351 g/mol. The molecule has 0 saturated carbocycles. The molecule has 5 nitrogen and oxygen atoms in total. The van der Waals surface area contributed by atoms with E-state index in [0.717, 1.165) is 41.7 Å². The number of fused-ring (bicyclic) bond motifs is 1. The van der Waals surface area contributed by atoms with Crippen molar-refractivity contribution in [1.29, 1.82) is 0 Å². The summed E-state index contributed by atoms with van der Waals surface area (Å²) in [4.78, 5) is 9.47. The third-order valence-corrected chi connectivity index (χ3v) is 3.97. The van der Waals surface area contributed by atoms with Gasteiger partial charge in [-0.1, -0.05) is 55.8 Å². The Morgan fingerprint density at radius 3 is 2.36 bits per heavy atom. The van der Waals surface area contributed by atoms with E-state index in [2.05, 4.69) is 23.1 Å². The van der Waals surface area contributed by atoms with Crippen LogP contribution in [0.15, 0.2) is 54.6 Å². The van der Waals surface area contributed by atoms with Gasteiger partial charge in [-0.05, 0) is 30.8 Å². The maximum atomic E-state index is 5.29. The smallest absolute Gasteiger partial charge is 0.185 e. The van der Waals surface area contributed by atoms with Crippen LogP contribution >= 0.6 is 12.2 Å². The fraction of sp³-hybridized carbons (Fsp3) is 0.211. The number of thiocarbonyl (C=S) groups is 1. The Morgan fingerprint density at radius 1 is 0.960 bits per heavy atom. The minimum atomic E-state index is 0.544. The second-order valence-corrected chi connectivity index (χ2v) is 6.04. The standard InChI is InChI=1S/C19H21N5S/c1-2-3-13-20-19(25)24-23-18-17(14-9-5-4-6-10-14)21-15-11-7-8-12-16(15)22-18/h4-12H,2-3,13H2,1H3,(H,22,23)(H2,20,24,25). The molecule has 0 saturated heterocycles. The number of rotatable bonds is 6. The van der Waals surface area contributed by atoms with E-state index in [0.29, 0.717) is 10.9 Å². The molecule has 6 heteroatoms. The number of para-hydroxylation sites is 2. The van der Waals surface area contributed by atoms with E-state index >= 15 is 0 Å². The molecule has 128 valence electrons. The first kappa shape index (κ1) is 17.1. The number of hydrogen-bond acceptors (Lipinski definition) is 4. The quantitative estimate of drug-likeness (QED) is 0.356. The number of anilines is 1. The summed E-state index contributed by atoms with van der Waals surface area (Å²) in [6, 6.07) is 17.8. The van der Waals surface area contributed by atoms with Crippen molar-refractivity contribution in [3.05, 3.63) is 54.6 Å². The lowest BCUT2D eigenvalue weighted by Crippen LogP contribution is -2.39.